The number of hydrogen-bond acceptors (Lipinski definition) is 5. The second-order valence-electron chi connectivity index (χ2n) is 27.1. The van der Waals surface area contributed by atoms with Gasteiger partial charge in [0.25, 0.3) is 13.4 Å². The zero-order valence-electron chi connectivity index (χ0n) is 52.2. The van der Waals surface area contributed by atoms with E-state index >= 15 is 0 Å². The highest BCUT2D eigenvalue weighted by Crippen LogP contribution is 2.57. The first-order chi connectivity index (χ1) is 46.7. The molecule has 6 heterocycles. The van der Waals surface area contributed by atoms with Crippen molar-refractivity contribution in [1.29, 1.82) is 0 Å². The van der Waals surface area contributed by atoms with Crippen LogP contribution in [0.1, 0.15) is 32.1 Å². The Balaban J connectivity index is 0.911. The number of anilines is 13. The number of rotatable bonds is 9. The van der Waals surface area contributed by atoms with Crippen LogP contribution in [0.3, 0.4) is 0 Å². The lowest BCUT2D eigenvalue weighted by Crippen LogP contribution is -2.65. The van der Waals surface area contributed by atoms with Crippen molar-refractivity contribution < 1.29 is 0 Å². The van der Waals surface area contributed by atoms with Gasteiger partial charge in [-0.3, -0.25) is 0 Å². The van der Waals surface area contributed by atoms with Crippen molar-refractivity contribution in [2.24, 2.45) is 11.8 Å². The molecule has 5 nitrogen and oxygen atoms in total. The van der Waals surface area contributed by atoms with Gasteiger partial charge in [-0.2, -0.15) is 0 Å². The molecule has 8 aliphatic rings. The van der Waals surface area contributed by atoms with Crippen molar-refractivity contribution in [2.45, 2.75) is 44.2 Å². The first-order valence-corrected chi connectivity index (χ1v) is 33.9. The minimum absolute atomic E-state index is 0.132. The molecule has 2 saturated carbocycles. The third-order valence-corrected chi connectivity index (χ3v) is 22.0. The summed E-state index contributed by atoms with van der Waals surface area (Å²) in [5.74, 6) is 1.63. The van der Waals surface area contributed by atoms with Crippen LogP contribution in [0, 0.1) is 11.8 Å². The third-order valence-electron chi connectivity index (χ3n) is 22.0. The van der Waals surface area contributed by atoms with Gasteiger partial charge in [0.1, 0.15) is 0 Å². The fourth-order valence-corrected chi connectivity index (χ4v) is 18.6. The molecule has 13 aromatic rings. The van der Waals surface area contributed by atoms with Crippen LogP contribution in [-0.2, 0) is 0 Å². The lowest BCUT2D eigenvalue weighted by Gasteiger charge is -2.58. The van der Waals surface area contributed by atoms with Crippen LogP contribution in [-0.4, -0.2) is 25.5 Å². The van der Waals surface area contributed by atoms with Crippen LogP contribution in [0.4, 0.5) is 73.9 Å². The molecule has 4 bridgehead atoms. The summed E-state index contributed by atoms with van der Waals surface area (Å²) in [5.41, 5.74) is 32.9. The summed E-state index contributed by atoms with van der Waals surface area (Å²) in [4.78, 5) is 13.5. The van der Waals surface area contributed by atoms with Crippen molar-refractivity contribution in [1.82, 2.24) is 0 Å². The van der Waals surface area contributed by atoms with E-state index in [-0.39, 0.29) is 13.4 Å². The summed E-state index contributed by atoms with van der Waals surface area (Å²) >= 11 is 0. The van der Waals surface area contributed by atoms with Gasteiger partial charge < -0.3 is 24.5 Å². The molecule has 0 N–H and O–H groups in total. The van der Waals surface area contributed by atoms with E-state index in [1.165, 1.54) is 178 Å². The number of piperidine rings is 2. The molecule has 4 fully saturated rings. The number of hydrogen-bond donors (Lipinski definition) is 0. The molecule has 2 aliphatic carbocycles. The molecule has 94 heavy (non-hydrogen) atoms. The Bertz CT molecular complexity index is 5000. The van der Waals surface area contributed by atoms with E-state index in [4.69, 9.17) is 0 Å². The fourth-order valence-electron chi connectivity index (χ4n) is 18.6. The summed E-state index contributed by atoms with van der Waals surface area (Å²) in [6.07, 6.45) is 6.49. The van der Waals surface area contributed by atoms with Crippen LogP contribution in [0.15, 0.2) is 309 Å². The molecule has 0 atom stereocenters. The van der Waals surface area contributed by atoms with Gasteiger partial charge in [-0.1, -0.05) is 243 Å². The van der Waals surface area contributed by atoms with Crippen LogP contribution in [0.2, 0.25) is 0 Å². The summed E-state index contributed by atoms with van der Waals surface area (Å²) in [5, 5.41) is 0. The minimum atomic E-state index is -0.138. The lowest BCUT2D eigenvalue weighted by atomic mass is 9.30. The van der Waals surface area contributed by atoms with Crippen LogP contribution in [0.5, 0.6) is 0 Å². The maximum absolute atomic E-state index is 2.93. The zero-order valence-corrected chi connectivity index (χ0v) is 52.2. The smallest absolute Gasteiger partial charge is 0.252 e. The van der Waals surface area contributed by atoms with Crippen molar-refractivity contribution in [3.63, 3.8) is 0 Å². The molecule has 6 aliphatic heterocycles. The van der Waals surface area contributed by atoms with E-state index < -0.39 is 0 Å². The highest BCUT2D eigenvalue weighted by atomic mass is 15.2. The highest BCUT2D eigenvalue weighted by Gasteiger charge is 2.51. The Morgan fingerprint density at radius 1 is 0.234 bits per heavy atom. The molecule has 0 spiro atoms. The van der Waals surface area contributed by atoms with E-state index in [2.05, 4.69) is 334 Å². The molecule has 2 saturated heterocycles. The largest absolute Gasteiger partial charge is 0.365 e. The maximum Gasteiger partial charge on any atom is 0.252 e. The van der Waals surface area contributed by atoms with Crippen molar-refractivity contribution in [2.75, 3.05) is 24.5 Å². The lowest BCUT2D eigenvalue weighted by molar-refractivity contribution is 0.0900. The number of fused-ring (bicyclic) bond motifs is 8. The number of benzene rings is 13. The van der Waals surface area contributed by atoms with E-state index in [1.807, 2.05) is 0 Å². The quantitative estimate of drug-likeness (QED) is 0.134. The summed E-state index contributed by atoms with van der Waals surface area (Å²) in [7, 11) is 0. The molecule has 21 rings (SSSR count). The van der Waals surface area contributed by atoms with E-state index in [0.29, 0.717) is 12.1 Å². The Kier molecular flexibility index (Phi) is 12.1. The maximum atomic E-state index is 2.93. The highest BCUT2D eigenvalue weighted by molar-refractivity contribution is 7.03. The van der Waals surface area contributed by atoms with Crippen LogP contribution in [0.25, 0.3) is 44.5 Å². The van der Waals surface area contributed by atoms with Gasteiger partial charge in [-0.25, -0.2) is 0 Å². The van der Waals surface area contributed by atoms with Gasteiger partial charge in [0.2, 0.25) is 0 Å². The fraction of sp³-hybridized carbons (Fsp3) is 0.103. The average molecular weight is 1200 g/mol. The molecular formula is C87H65B2N5. The van der Waals surface area contributed by atoms with Crippen molar-refractivity contribution >= 4 is 120 Å². The Hall–Kier alpha value is -11.0. The van der Waals surface area contributed by atoms with Gasteiger partial charge in [0.05, 0.1) is 11.4 Å². The number of para-hydroxylation sites is 6. The molecule has 444 valence electrons. The molecule has 0 radical (unpaired) electrons. The molecular weight excluding hydrogens is 1140 g/mol. The monoisotopic (exact) mass is 1200 g/mol. The van der Waals surface area contributed by atoms with Gasteiger partial charge in [0.15, 0.2) is 0 Å². The molecule has 0 aromatic heterocycles. The van der Waals surface area contributed by atoms with E-state index in [1.54, 1.807) is 0 Å². The van der Waals surface area contributed by atoms with Crippen molar-refractivity contribution in [3.8, 4) is 44.5 Å². The topological polar surface area (TPSA) is 16.2 Å². The SMILES string of the molecule is c1ccc(-c2cccc(-c3ccccc3)c2N2c3ccccc3B3c4cc5c(cc4N(c4ccccc4)c4cccc2c43)N(c2c(-c3ccccc3)cccc2-c2ccccc2)c2cc(N3C4CC6CC(C4)CC3C6)cc3c2B5c2ccccc2N3c2ccccc2)cc1. The Morgan fingerprint density at radius 2 is 0.564 bits per heavy atom. The first-order valence-electron chi connectivity index (χ1n) is 33.9. The van der Waals surface area contributed by atoms with E-state index in [9.17, 15) is 0 Å². The Labute approximate surface area is 551 Å². The predicted molar refractivity (Wildman–Crippen MR) is 396 cm³/mol. The average Bonchev–Trinajstić information content (AvgIpc) is 0.684. The zero-order chi connectivity index (χ0) is 61.5. The third kappa shape index (κ3) is 8.10. The van der Waals surface area contributed by atoms with E-state index in [0.717, 1.165) is 17.5 Å². The molecule has 13 aromatic carbocycles. The molecule has 0 amide bonds. The first kappa shape index (κ1) is 53.6. The molecule has 7 heteroatoms. The minimum Gasteiger partial charge on any atom is -0.365 e. The second-order valence-corrected chi connectivity index (χ2v) is 27.1. The second kappa shape index (κ2) is 21.3. The van der Waals surface area contributed by atoms with Gasteiger partial charge in [-0.05, 0) is 166 Å². The van der Waals surface area contributed by atoms with Crippen LogP contribution >= 0.6 is 0 Å². The normalized spacial score (nSPS) is 18.1. The van der Waals surface area contributed by atoms with Crippen LogP contribution < -0.4 is 57.3 Å². The van der Waals surface area contributed by atoms with Gasteiger partial charge in [-0.15, -0.1) is 0 Å². The van der Waals surface area contributed by atoms with Gasteiger partial charge >= 0.3 is 0 Å². The van der Waals surface area contributed by atoms with Crippen molar-refractivity contribution in [3.05, 3.63) is 309 Å². The summed E-state index contributed by atoms with van der Waals surface area (Å²) < 4.78 is 0. The standard InChI is InChI=1S/C87H65B2N5/c1-7-26-59(27-8-1)68-38-23-39-69(60-28-9-2-10-29-60)86(68)93-77-45-22-20-43-73(77)88-74-55-75-81(56-80(74)92(64-36-17-6-18-37-64)78-46-25-47-79(93)84(78)88)94(87-70(61-30-11-3-12-31-61)40-24-41-71(87)62-32-13-4-14-33-62)83-54-67(90-65-49-57-48-58(51-65)52-66(90)50-57)53-82-85(83)89(75)72-42-19-21-44-76(72)91(82)63-34-15-5-16-35-63/h1-47,53-58,65-66H,48-52H2. The number of nitrogens with zero attached hydrogens (tertiary/aromatic N) is 5. The Morgan fingerprint density at radius 3 is 1.02 bits per heavy atom. The summed E-state index contributed by atoms with van der Waals surface area (Å²) in [6, 6.07) is 118. The molecule has 0 unspecified atom stereocenters. The predicted octanol–water partition coefficient (Wildman–Crippen LogP) is 18.3. The van der Waals surface area contributed by atoms with Gasteiger partial charge in [0, 0.05) is 96.9 Å². The summed E-state index contributed by atoms with van der Waals surface area (Å²) in [6.45, 7) is -0.270.